The van der Waals surface area contributed by atoms with Gasteiger partial charge in [-0.15, -0.1) is 0 Å². The van der Waals surface area contributed by atoms with Crippen molar-refractivity contribution >= 4 is 17.0 Å². The van der Waals surface area contributed by atoms with Gasteiger partial charge in [0.1, 0.15) is 0 Å². The highest BCUT2D eigenvalue weighted by atomic mass is 16.6. The minimum atomic E-state index is -0.633. The van der Waals surface area contributed by atoms with E-state index in [2.05, 4.69) is 20.1 Å². The Morgan fingerprint density at radius 2 is 2.05 bits per heavy atom. The molecule has 0 saturated carbocycles. The molecule has 2 aromatic heterocycles. The molecule has 2 heterocycles. The molecule has 0 amide bonds. The van der Waals surface area contributed by atoms with E-state index in [1.807, 2.05) is 0 Å². The van der Waals surface area contributed by atoms with E-state index in [9.17, 15) is 4.79 Å². The fourth-order valence-electron chi connectivity index (χ4n) is 1.72. The number of hydrogen-bond acceptors (Lipinski definition) is 7. The fraction of sp³-hybridized carbons (Fsp3) is 0.154. The van der Waals surface area contributed by atoms with Crippen molar-refractivity contribution in [2.75, 3.05) is 6.61 Å². The summed E-state index contributed by atoms with van der Waals surface area (Å²) in [4.78, 5) is 23.8. The lowest BCUT2D eigenvalue weighted by Gasteiger charge is -1.97. The lowest BCUT2D eigenvalue weighted by molar-refractivity contribution is 0.0470. The normalized spacial score (nSPS) is 10.7. The minimum Gasteiger partial charge on any atom is -0.459 e. The summed E-state index contributed by atoms with van der Waals surface area (Å²) in [5.41, 5.74) is 2.18. The Bertz CT molecular complexity index is 769. The lowest BCUT2D eigenvalue weighted by atomic mass is 10.2. The number of nitrogens with zero attached hydrogens (tertiary/aromatic N) is 4. The summed E-state index contributed by atoms with van der Waals surface area (Å²) in [5, 5.41) is 3.76. The van der Waals surface area contributed by atoms with E-state index in [4.69, 9.17) is 9.26 Å². The van der Waals surface area contributed by atoms with Gasteiger partial charge < -0.3 is 9.26 Å². The number of esters is 1. The second-order valence-electron chi connectivity index (χ2n) is 3.90. The zero-order chi connectivity index (χ0) is 13.9. The van der Waals surface area contributed by atoms with E-state index in [0.717, 1.165) is 5.52 Å². The summed E-state index contributed by atoms with van der Waals surface area (Å²) >= 11 is 0. The highest BCUT2D eigenvalue weighted by molar-refractivity contribution is 5.85. The maximum Gasteiger partial charge on any atom is 0.397 e. The van der Waals surface area contributed by atoms with Crippen LogP contribution < -0.4 is 0 Å². The SMILES string of the molecule is CCOC(=O)c1nc(-c2ccc3nccnc3c2)no1. The molecule has 0 spiro atoms. The van der Waals surface area contributed by atoms with Crippen molar-refractivity contribution < 1.29 is 14.1 Å². The minimum absolute atomic E-state index is 0.166. The molecule has 3 rings (SSSR count). The molecule has 0 N–H and O–H groups in total. The second kappa shape index (κ2) is 5.04. The summed E-state index contributed by atoms with van der Waals surface area (Å²) in [5.74, 6) is -0.492. The molecule has 7 nitrogen and oxygen atoms in total. The van der Waals surface area contributed by atoms with Gasteiger partial charge in [-0.3, -0.25) is 9.97 Å². The van der Waals surface area contributed by atoms with Gasteiger partial charge in [0, 0.05) is 18.0 Å². The van der Waals surface area contributed by atoms with E-state index in [-0.39, 0.29) is 12.5 Å². The molecule has 0 atom stereocenters. The highest BCUT2D eigenvalue weighted by Crippen LogP contribution is 2.20. The molecule has 7 heteroatoms. The number of rotatable bonds is 3. The Morgan fingerprint density at radius 3 is 2.85 bits per heavy atom. The van der Waals surface area contributed by atoms with Gasteiger partial charge in [-0.2, -0.15) is 4.98 Å². The summed E-state index contributed by atoms with van der Waals surface area (Å²) in [7, 11) is 0. The number of fused-ring (bicyclic) bond motifs is 1. The van der Waals surface area contributed by atoms with Crippen molar-refractivity contribution in [1.29, 1.82) is 0 Å². The number of carbonyl (C=O) groups excluding carboxylic acids is 1. The number of hydrogen-bond donors (Lipinski definition) is 0. The van der Waals surface area contributed by atoms with E-state index >= 15 is 0 Å². The summed E-state index contributed by atoms with van der Waals surface area (Å²) < 4.78 is 9.66. The molecular formula is C13H10N4O3. The van der Waals surface area contributed by atoms with Gasteiger partial charge in [0.05, 0.1) is 17.6 Å². The fourth-order valence-corrected chi connectivity index (χ4v) is 1.72. The van der Waals surface area contributed by atoms with Crippen LogP contribution in [-0.4, -0.2) is 32.7 Å². The third kappa shape index (κ3) is 2.20. The molecule has 0 aliphatic heterocycles. The molecule has 0 aliphatic carbocycles. The Kier molecular flexibility index (Phi) is 3.08. The van der Waals surface area contributed by atoms with Crippen LogP contribution >= 0.6 is 0 Å². The predicted octanol–water partition coefficient (Wildman–Crippen LogP) is 1.86. The number of ether oxygens (including phenoxy) is 1. The second-order valence-corrected chi connectivity index (χ2v) is 3.90. The molecular weight excluding hydrogens is 260 g/mol. The first-order chi connectivity index (χ1) is 9.78. The maximum absolute atomic E-state index is 11.5. The molecule has 0 radical (unpaired) electrons. The third-order valence-corrected chi connectivity index (χ3v) is 2.60. The van der Waals surface area contributed by atoms with Crippen molar-refractivity contribution in [3.05, 3.63) is 36.5 Å². The van der Waals surface area contributed by atoms with Crippen LogP contribution in [0.2, 0.25) is 0 Å². The Morgan fingerprint density at radius 1 is 1.25 bits per heavy atom. The van der Waals surface area contributed by atoms with Crippen molar-refractivity contribution in [2.45, 2.75) is 6.92 Å². The zero-order valence-corrected chi connectivity index (χ0v) is 10.6. The van der Waals surface area contributed by atoms with Gasteiger partial charge >= 0.3 is 11.9 Å². The quantitative estimate of drug-likeness (QED) is 0.670. The van der Waals surface area contributed by atoms with Gasteiger partial charge in [0.25, 0.3) is 0 Å². The van der Waals surface area contributed by atoms with Crippen LogP contribution in [0.25, 0.3) is 22.4 Å². The molecule has 0 saturated heterocycles. The average Bonchev–Trinajstić information content (AvgIpc) is 2.97. The molecule has 0 aliphatic rings. The maximum atomic E-state index is 11.5. The van der Waals surface area contributed by atoms with E-state index in [1.165, 1.54) is 0 Å². The first kappa shape index (κ1) is 12.2. The lowest BCUT2D eigenvalue weighted by Crippen LogP contribution is -2.04. The number of aromatic nitrogens is 4. The van der Waals surface area contributed by atoms with Crippen LogP contribution in [0.1, 0.15) is 17.6 Å². The molecule has 0 unspecified atom stereocenters. The van der Waals surface area contributed by atoms with E-state index < -0.39 is 5.97 Å². The molecule has 0 bridgehead atoms. The van der Waals surface area contributed by atoms with Gasteiger partial charge in [-0.25, -0.2) is 4.79 Å². The summed E-state index contributed by atoms with van der Waals surface area (Å²) in [6.45, 7) is 1.96. The number of carbonyl (C=O) groups is 1. The van der Waals surface area contributed by atoms with E-state index in [0.29, 0.717) is 16.9 Å². The van der Waals surface area contributed by atoms with Crippen LogP contribution in [0.15, 0.2) is 35.1 Å². The standard InChI is InChI=1S/C13H10N4O3/c1-2-19-13(18)12-16-11(17-20-12)8-3-4-9-10(7-8)15-6-5-14-9/h3-7H,2H2,1H3. The van der Waals surface area contributed by atoms with Crippen LogP contribution in [0, 0.1) is 0 Å². The Labute approximate surface area is 113 Å². The summed E-state index contributed by atoms with van der Waals surface area (Å²) in [6, 6.07) is 5.37. The van der Waals surface area contributed by atoms with Crippen molar-refractivity contribution in [2.24, 2.45) is 0 Å². The van der Waals surface area contributed by atoms with Crippen LogP contribution in [0.4, 0.5) is 0 Å². The first-order valence-corrected chi connectivity index (χ1v) is 6.00. The highest BCUT2D eigenvalue weighted by Gasteiger charge is 2.17. The van der Waals surface area contributed by atoms with Gasteiger partial charge in [0.2, 0.25) is 5.82 Å². The molecule has 0 fully saturated rings. The predicted molar refractivity (Wildman–Crippen MR) is 68.8 cm³/mol. The monoisotopic (exact) mass is 270 g/mol. The van der Waals surface area contributed by atoms with Crippen molar-refractivity contribution in [3.63, 3.8) is 0 Å². The Balaban J connectivity index is 1.96. The van der Waals surface area contributed by atoms with Crippen molar-refractivity contribution in [1.82, 2.24) is 20.1 Å². The van der Waals surface area contributed by atoms with Crippen molar-refractivity contribution in [3.8, 4) is 11.4 Å². The topological polar surface area (TPSA) is 91.0 Å². The smallest absolute Gasteiger partial charge is 0.397 e. The number of benzene rings is 1. The molecule has 3 aromatic rings. The third-order valence-electron chi connectivity index (χ3n) is 2.60. The van der Waals surface area contributed by atoms with E-state index in [1.54, 1.807) is 37.5 Å². The van der Waals surface area contributed by atoms with Crippen LogP contribution in [-0.2, 0) is 4.74 Å². The Hall–Kier alpha value is -2.83. The molecule has 1 aromatic carbocycles. The van der Waals surface area contributed by atoms with Gasteiger partial charge in [-0.05, 0) is 25.1 Å². The van der Waals surface area contributed by atoms with Gasteiger partial charge in [0.15, 0.2) is 0 Å². The first-order valence-electron chi connectivity index (χ1n) is 6.00. The molecule has 20 heavy (non-hydrogen) atoms. The largest absolute Gasteiger partial charge is 0.459 e. The van der Waals surface area contributed by atoms with Crippen LogP contribution in [0.5, 0.6) is 0 Å². The zero-order valence-electron chi connectivity index (χ0n) is 10.6. The molecule has 100 valence electrons. The van der Waals surface area contributed by atoms with Crippen LogP contribution in [0.3, 0.4) is 0 Å². The summed E-state index contributed by atoms with van der Waals surface area (Å²) in [6.07, 6.45) is 3.22. The van der Waals surface area contributed by atoms with Gasteiger partial charge in [-0.1, -0.05) is 5.16 Å². The average molecular weight is 270 g/mol.